The number of hydrogen-bond acceptors (Lipinski definition) is 3. The van der Waals surface area contributed by atoms with Gasteiger partial charge in [0.2, 0.25) is 0 Å². The van der Waals surface area contributed by atoms with Crippen LogP contribution in [0.3, 0.4) is 0 Å². The van der Waals surface area contributed by atoms with Crippen molar-refractivity contribution in [3.8, 4) is 0 Å². The molecule has 1 aliphatic heterocycles. The molecule has 0 aromatic heterocycles. The van der Waals surface area contributed by atoms with Crippen LogP contribution in [0.15, 0.2) is 24.3 Å². The van der Waals surface area contributed by atoms with E-state index in [9.17, 15) is 4.79 Å². The van der Waals surface area contributed by atoms with E-state index < -0.39 is 5.60 Å². The average Bonchev–Trinajstić information content (AvgIpc) is 2.27. The van der Waals surface area contributed by atoms with Crippen LogP contribution in [-0.2, 0) is 4.74 Å². The molecule has 4 nitrogen and oxygen atoms in total. The van der Waals surface area contributed by atoms with Crippen molar-refractivity contribution in [1.29, 1.82) is 0 Å². The van der Waals surface area contributed by atoms with Gasteiger partial charge in [-0.25, -0.2) is 4.79 Å². The molecule has 0 saturated carbocycles. The standard InChI is InChI=1S/C15H21ClN2O2/c1-15(2,3)20-14(19)18-9-8-13(18)10-17-12-6-4-11(16)5-7-12/h4-7,13,17H,8-10H2,1-3H3/t13-/m0/s1. The Bertz CT molecular complexity index is 468. The normalized spacial score (nSPS) is 18.4. The van der Waals surface area contributed by atoms with Gasteiger partial charge in [0.25, 0.3) is 0 Å². The highest BCUT2D eigenvalue weighted by molar-refractivity contribution is 6.30. The highest BCUT2D eigenvalue weighted by atomic mass is 35.5. The lowest BCUT2D eigenvalue weighted by Gasteiger charge is -2.41. The molecule has 1 saturated heterocycles. The fourth-order valence-electron chi connectivity index (χ4n) is 2.02. The second-order valence-corrected chi connectivity index (χ2v) is 6.44. The van der Waals surface area contributed by atoms with Crippen LogP contribution in [0.25, 0.3) is 0 Å². The van der Waals surface area contributed by atoms with Crippen molar-refractivity contribution in [2.75, 3.05) is 18.4 Å². The Morgan fingerprint density at radius 1 is 1.40 bits per heavy atom. The van der Waals surface area contributed by atoms with E-state index in [1.807, 2.05) is 45.0 Å². The first kappa shape index (κ1) is 15.0. The summed E-state index contributed by atoms with van der Waals surface area (Å²) in [6.45, 7) is 7.13. The van der Waals surface area contributed by atoms with Crippen molar-refractivity contribution in [2.45, 2.75) is 38.8 Å². The van der Waals surface area contributed by atoms with Crippen molar-refractivity contribution >= 4 is 23.4 Å². The van der Waals surface area contributed by atoms with Crippen molar-refractivity contribution in [1.82, 2.24) is 4.90 Å². The zero-order valence-electron chi connectivity index (χ0n) is 12.1. The summed E-state index contributed by atoms with van der Waals surface area (Å²) in [5.74, 6) is 0. The van der Waals surface area contributed by atoms with Gasteiger partial charge in [-0.15, -0.1) is 0 Å². The fourth-order valence-corrected chi connectivity index (χ4v) is 2.14. The third-order valence-electron chi connectivity index (χ3n) is 3.16. The Morgan fingerprint density at radius 3 is 2.55 bits per heavy atom. The molecular formula is C15H21ClN2O2. The van der Waals surface area contributed by atoms with Crippen LogP contribution >= 0.6 is 11.6 Å². The number of nitrogens with zero attached hydrogens (tertiary/aromatic N) is 1. The Kier molecular flexibility index (Phi) is 4.43. The van der Waals surface area contributed by atoms with Gasteiger partial charge in [0.15, 0.2) is 0 Å². The van der Waals surface area contributed by atoms with Gasteiger partial charge in [0.1, 0.15) is 5.60 Å². The summed E-state index contributed by atoms with van der Waals surface area (Å²) < 4.78 is 5.38. The number of hydrogen-bond donors (Lipinski definition) is 1. The molecular weight excluding hydrogens is 276 g/mol. The number of likely N-dealkylation sites (tertiary alicyclic amines) is 1. The third kappa shape index (κ3) is 4.04. The molecule has 5 heteroatoms. The molecule has 1 aromatic rings. The second-order valence-electron chi connectivity index (χ2n) is 6.00. The molecule has 1 N–H and O–H groups in total. The minimum Gasteiger partial charge on any atom is -0.444 e. The number of nitrogens with one attached hydrogen (secondary N) is 1. The molecule has 1 atom stereocenters. The van der Waals surface area contributed by atoms with E-state index in [-0.39, 0.29) is 12.1 Å². The van der Waals surface area contributed by atoms with E-state index >= 15 is 0 Å². The van der Waals surface area contributed by atoms with Crippen molar-refractivity contribution in [2.24, 2.45) is 0 Å². The maximum Gasteiger partial charge on any atom is 0.410 e. The van der Waals surface area contributed by atoms with Gasteiger partial charge in [0.05, 0.1) is 6.04 Å². The molecule has 20 heavy (non-hydrogen) atoms. The minimum absolute atomic E-state index is 0.195. The quantitative estimate of drug-likeness (QED) is 0.923. The highest BCUT2D eigenvalue weighted by Gasteiger charge is 2.34. The predicted molar refractivity (Wildman–Crippen MR) is 81.3 cm³/mol. The zero-order chi connectivity index (χ0) is 14.8. The number of anilines is 1. The van der Waals surface area contributed by atoms with E-state index in [0.29, 0.717) is 0 Å². The van der Waals surface area contributed by atoms with Crippen LogP contribution in [0.2, 0.25) is 5.02 Å². The molecule has 2 rings (SSSR count). The lowest BCUT2D eigenvalue weighted by molar-refractivity contribution is -0.00274. The van der Waals surface area contributed by atoms with E-state index in [1.54, 1.807) is 4.90 Å². The van der Waals surface area contributed by atoms with E-state index in [0.717, 1.165) is 30.2 Å². The number of ether oxygens (including phenoxy) is 1. The largest absolute Gasteiger partial charge is 0.444 e. The van der Waals surface area contributed by atoms with Gasteiger partial charge in [-0.3, -0.25) is 0 Å². The summed E-state index contributed by atoms with van der Waals surface area (Å²) in [6, 6.07) is 7.74. The van der Waals surface area contributed by atoms with Gasteiger partial charge in [-0.2, -0.15) is 0 Å². The molecule has 1 aromatic carbocycles. The maximum atomic E-state index is 12.0. The zero-order valence-corrected chi connectivity index (χ0v) is 12.9. The number of carbonyl (C=O) groups excluding carboxylic acids is 1. The van der Waals surface area contributed by atoms with Crippen molar-refractivity contribution < 1.29 is 9.53 Å². The minimum atomic E-state index is -0.444. The molecule has 0 unspecified atom stereocenters. The SMILES string of the molecule is CC(C)(C)OC(=O)N1CC[C@H]1CNc1ccc(Cl)cc1. The molecule has 1 amide bonds. The highest BCUT2D eigenvalue weighted by Crippen LogP contribution is 2.22. The van der Waals surface area contributed by atoms with Crippen molar-refractivity contribution in [3.63, 3.8) is 0 Å². The third-order valence-corrected chi connectivity index (χ3v) is 3.41. The fraction of sp³-hybridized carbons (Fsp3) is 0.533. The Hall–Kier alpha value is -1.42. The molecule has 110 valence electrons. The average molecular weight is 297 g/mol. The van der Waals surface area contributed by atoms with Gasteiger partial charge >= 0.3 is 6.09 Å². The molecule has 1 aliphatic rings. The number of amides is 1. The van der Waals surface area contributed by atoms with Crippen LogP contribution in [0.4, 0.5) is 10.5 Å². The maximum absolute atomic E-state index is 12.0. The van der Waals surface area contributed by atoms with Gasteiger partial charge in [-0.05, 0) is 51.5 Å². The first-order chi connectivity index (χ1) is 9.35. The number of carbonyl (C=O) groups is 1. The first-order valence-electron chi connectivity index (χ1n) is 6.84. The topological polar surface area (TPSA) is 41.6 Å². The van der Waals surface area contributed by atoms with E-state index in [2.05, 4.69) is 5.32 Å². The summed E-state index contributed by atoms with van der Waals surface area (Å²) in [7, 11) is 0. The summed E-state index contributed by atoms with van der Waals surface area (Å²) in [5.41, 5.74) is 0.561. The molecule has 0 radical (unpaired) electrons. The Morgan fingerprint density at radius 2 is 2.05 bits per heavy atom. The van der Waals surface area contributed by atoms with Crippen LogP contribution in [0.1, 0.15) is 27.2 Å². The van der Waals surface area contributed by atoms with Gasteiger partial charge in [-0.1, -0.05) is 11.6 Å². The van der Waals surface area contributed by atoms with Crippen LogP contribution in [0, 0.1) is 0 Å². The van der Waals surface area contributed by atoms with E-state index in [4.69, 9.17) is 16.3 Å². The molecule has 0 bridgehead atoms. The van der Waals surface area contributed by atoms with Crippen molar-refractivity contribution in [3.05, 3.63) is 29.3 Å². The monoisotopic (exact) mass is 296 g/mol. The molecule has 0 aliphatic carbocycles. The Labute approximate surface area is 125 Å². The van der Waals surface area contributed by atoms with Gasteiger partial charge < -0.3 is 15.0 Å². The van der Waals surface area contributed by atoms with E-state index in [1.165, 1.54) is 0 Å². The van der Waals surface area contributed by atoms with Crippen LogP contribution in [-0.4, -0.2) is 35.7 Å². The summed E-state index contributed by atoms with van der Waals surface area (Å²) in [4.78, 5) is 13.7. The Balaban J connectivity index is 1.82. The van der Waals surface area contributed by atoms with Gasteiger partial charge in [0, 0.05) is 23.8 Å². The smallest absolute Gasteiger partial charge is 0.410 e. The number of halogens is 1. The predicted octanol–water partition coefficient (Wildman–Crippen LogP) is 3.76. The molecule has 1 heterocycles. The molecule has 0 spiro atoms. The van der Waals surface area contributed by atoms with Crippen LogP contribution < -0.4 is 5.32 Å². The summed E-state index contributed by atoms with van der Waals surface area (Å²) in [6.07, 6.45) is 0.770. The second kappa shape index (κ2) is 5.92. The van der Waals surface area contributed by atoms with Crippen LogP contribution in [0.5, 0.6) is 0 Å². The summed E-state index contributed by atoms with van der Waals surface area (Å²) in [5, 5.41) is 4.03. The lowest BCUT2D eigenvalue weighted by Crippen LogP contribution is -2.55. The number of rotatable bonds is 3. The molecule has 1 fully saturated rings. The first-order valence-corrected chi connectivity index (χ1v) is 7.22. The lowest BCUT2D eigenvalue weighted by atomic mass is 10.0. The summed E-state index contributed by atoms with van der Waals surface area (Å²) >= 11 is 5.84. The number of benzene rings is 1.